The zero-order chi connectivity index (χ0) is 11.0. The fourth-order valence-electron chi connectivity index (χ4n) is 1.91. The van der Waals surface area contributed by atoms with Gasteiger partial charge in [-0.2, -0.15) is 0 Å². The second-order valence-corrected chi connectivity index (χ2v) is 8.39. The summed E-state index contributed by atoms with van der Waals surface area (Å²) < 4.78 is 23.2. The van der Waals surface area contributed by atoms with E-state index in [9.17, 15) is 8.42 Å². The van der Waals surface area contributed by atoms with Crippen LogP contribution in [0.4, 0.5) is 0 Å². The van der Waals surface area contributed by atoms with Crippen LogP contribution in [-0.4, -0.2) is 17.9 Å². The van der Waals surface area contributed by atoms with E-state index >= 15 is 0 Å². The molecule has 3 heteroatoms. The van der Waals surface area contributed by atoms with E-state index in [0.29, 0.717) is 0 Å². The highest BCUT2D eigenvalue weighted by atomic mass is 32.2. The number of hydrogen-bond acceptors (Lipinski definition) is 2. The first-order valence-electron chi connectivity index (χ1n) is 5.13. The Hall–Kier alpha value is -0.310. The number of sulfone groups is 1. The molecule has 1 aliphatic carbocycles. The molecule has 0 aromatic heterocycles. The summed E-state index contributed by atoms with van der Waals surface area (Å²) in [4.78, 5) is 0. The summed E-state index contributed by atoms with van der Waals surface area (Å²) >= 11 is 0. The molecule has 82 valence electrons. The van der Waals surface area contributed by atoms with Crippen LogP contribution in [0.15, 0.2) is 12.2 Å². The molecule has 0 heterocycles. The highest BCUT2D eigenvalue weighted by molar-refractivity contribution is 7.94. The van der Waals surface area contributed by atoms with Crippen molar-refractivity contribution in [2.24, 2.45) is 0 Å². The normalized spacial score (nSPS) is 29.1. The molecule has 0 radical (unpaired) electrons. The lowest BCUT2D eigenvalue weighted by atomic mass is 9.97. The van der Waals surface area contributed by atoms with Gasteiger partial charge in [-0.05, 0) is 47.0 Å². The SMILES string of the molecule is CC(C)(C)S(=O)(=O)[C@]1(C)C=CCCC1. The smallest absolute Gasteiger partial charge is 0.164 e. The fraction of sp³-hybridized carbons (Fsp3) is 0.818. The molecule has 0 saturated heterocycles. The Morgan fingerprint density at radius 3 is 2.21 bits per heavy atom. The Bertz CT molecular complexity index is 333. The molecule has 0 spiro atoms. The van der Waals surface area contributed by atoms with Gasteiger partial charge in [-0.15, -0.1) is 0 Å². The van der Waals surface area contributed by atoms with Crippen molar-refractivity contribution in [1.82, 2.24) is 0 Å². The van der Waals surface area contributed by atoms with E-state index in [2.05, 4.69) is 0 Å². The Balaban J connectivity index is 3.15. The third-order valence-electron chi connectivity index (χ3n) is 2.93. The minimum Gasteiger partial charge on any atom is -0.227 e. The predicted octanol–water partition coefficient (Wildman–Crippen LogP) is 2.70. The van der Waals surface area contributed by atoms with E-state index in [1.54, 1.807) is 20.8 Å². The molecule has 1 atom stereocenters. The molecule has 0 N–H and O–H groups in total. The van der Waals surface area contributed by atoms with Gasteiger partial charge in [-0.1, -0.05) is 12.2 Å². The largest absolute Gasteiger partial charge is 0.227 e. The molecule has 0 aliphatic heterocycles. The summed E-state index contributed by atoms with van der Waals surface area (Å²) in [6.45, 7) is 7.16. The second kappa shape index (κ2) is 3.37. The molecule has 0 fully saturated rings. The Labute approximate surface area is 87.3 Å². The van der Waals surface area contributed by atoms with Crippen LogP contribution in [0.3, 0.4) is 0 Å². The van der Waals surface area contributed by atoms with E-state index in [1.807, 2.05) is 19.1 Å². The van der Waals surface area contributed by atoms with Crippen LogP contribution in [0.25, 0.3) is 0 Å². The van der Waals surface area contributed by atoms with Gasteiger partial charge in [0.1, 0.15) is 0 Å². The van der Waals surface area contributed by atoms with Crippen LogP contribution >= 0.6 is 0 Å². The van der Waals surface area contributed by atoms with Crippen LogP contribution in [0, 0.1) is 0 Å². The maximum atomic E-state index is 12.3. The van der Waals surface area contributed by atoms with Crippen molar-refractivity contribution < 1.29 is 8.42 Å². The second-order valence-electron chi connectivity index (χ2n) is 5.22. The molecule has 14 heavy (non-hydrogen) atoms. The molecule has 1 aliphatic rings. The highest BCUT2D eigenvalue weighted by Crippen LogP contribution is 2.36. The van der Waals surface area contributed by atoms with Crippen LogP contribution in [-0.2, 0) is 9.84 Å². The summed E-state index contributed by atoms with van der Waals surface area (Å²) in [6, 6.07) is 0. The number of allylic oxidation sites excluding steroid dienone is 1. The van der Waals surface area contributed by atoms with Crippen molar-refractivity contribution in [2.45, 2.75) is 56.5 Å². The zero-order valence-electron chi connectivity index (χ0n) is 9.50. The quantitative estimate of drug-likeness (QED) is 0.632. The van der Waals surface area contributed by atoms with Gasteiger partial charge in [0.15, 0.2) is 9.84 Å². The fourth-order valence-corrected chi connectivity index (χ4v) is 4.00. The molecule has 0 amide bonds. The Morgan fingerprint density at radius 1 is 1.29 bits per heavy atom. The first-order valence-corrected chi connectivity index (χ1v) is 6.61. The van der Waals surface area contributed by atoms with Crippen molar-refractivity contribution in [3.8, 4) is 0 Å². The van der Waals surface area contributed by atoms with Crippen molar-refractivity contribution >= 4 is 9.84 Å². The molecule has 0 aromatic rings. The first kappa shape index (κ1) is 11.8. The van der Waals surface area contributed by atoms with E-state index in [4.69, 9.17) is 0 Å². The van der Waals surface area contributed by atoms with E-state index in [-0.39, 0.29) is 0 Å². The van der Waals surface area contributed by atoms with Crippen LogP contribution in [0.1, 0.15) is 47.0 Å². The minimum atomic E-state index is -3.09. The maximum absolute atomic E-state index is 12.3. The van der Waals surface area contributed by atoms with Crippen LogP contribution in [0.5, 0.6) is 0 Å². The van der Waals surface area contributed by atoms with Gasteiger partial charge in [0, 0.05) is 0 Å². The summed E-state index contributed by atoms with van der Waals surface area (Å²) in [7, 11) is -3.09. The van der Waals surface area contributed by atoms with Crippen LogP contribution < -0.4 is 0 Å². The lowest BCUT2D eigenvalue weighted by Gasteiger charge is -2.35. The van der Waals surface area contributed by atoms with Crippen molar-refractivity contribution in [1.29, 1.82) is 0 Å². The minimum absolute atomic E-state index is 0.649. The van der Waals surface area contributed by atoms with Gasteiger partial charge in [-0.3, -0.25) is 0 Å². The number of rotatable bonds is 1. The van der Waals surface area contributed by atoms with E-state index in [0.717, 1.165) is 19.3 Å². The van der Waals surface area contributed by atoms with Crippen molar-refractivity contribution in [3.63, 3.8) is 0 Å². The van der Waals surface area contributed by atoms with Crippen molar-refractivity contribution in [2.75, 3.05) is 0 Å². The summed E-state index contributed by atoms with van der Waals surface area (Å²) in [5.74, 6) is 0. The van der Waals surface area contributed by atoms with Crippen LogP contribution in [0.2, 0.25) is 0 Å². The molecule has 0 unspecified atom stereocenters. The van der Waals surface area contributed by atoms with E-state index < -0.39 is 19.3 Å². The van der Waals surface area contributed by atoms with Gasteiger partial charge < -0.3 is 0 Å². The monoisotopic (exact) mass is 216 g/mol. The lowest BCUT2D eigenvalue weighted by Crippen LogP contribution is -2.45. The molecule has 0 saturated carbocycles. The summed E-state index contributed by atoms with van der Waals surface area (Å²) in [5, 5.41) is 0. The van der Waals surface area contributed by atoms with Gasteiger partial charge in [-0.25, -0.2) is 8.42 Å². The molecule has 0 bridgehead atoms. The predicted molar refractivity (Wildman–Crippen MR) is 60.1 cm³/mol. The molecule has 0 aromatic carbocycles. The van der Waals surface area contributed by atoms with E-state index in [1.165, 1.54) is 0 Å². The highest BCUT2D eigenvalue weighted by Gasteiger charge is 2.44. The third kappa shape index (κ3) is 1.74. The standard InChI is InChI=1S/C11H20O2S/c1-10(2,3)14(12,13)11(4)8-6-5-7-9-11/h6,8H,5,7,9H2,1-4H3/t11-/m1/s1. The molecular formula is C11H20O2S. The zero-order valence-corrected chi connectivity index (χ0v) is 10.3. The third-order valence-corrected chi connectivity index (χ3v) is 6.11. The molecule has 2 nitrogen and oxygen atoms in total. The first-order chi connectivity index (χ1) is 6.21. The Morgan fingerprint density at radius 2 is 1.86 bits per heavy atom. The molecular weight excluding hydrogens is 196 g/mol. The van der Waals surface area contributed by atoms with Gasteiger partial charge in [0.2, 0.25) is 0 Å². The lowest BCUT2D eigenvalue weighted by molar-refractivity contribution is 0.503. The topological polar surface area (TPSA) is 34.1 Å². The van der Waals surface area contributed by atoms with Gasteiger partial charge in [0.25, 0.3) is 0 Å². The van der Waals surface area contributed by atoms with Gasteiger partial charge >= 0.3 is 0 Å². The Kier molecular flexibility index (Phi) is 2.83. The van der Waals surface area contributed by atoms with Crippen molar-refractivity contribution in [3.05, 3.63) is 12.2 Å². The maximum Gasteiger partial charge on any atom is 0.164 e. The summed E-state index contributed by atoms with van der Waals surface area (Å²) in [6.07, 6.45) is 6.60. The van der Waals surface area contributed by atoms with Gasteiger partial charge in [0.05, 0.1) is 9.49 Å². The summed E-state index contributed by atoms with van der Waals surface area (Å²) in [5.41, 5.74) is 0. The average Bonchev–Trinajstić information content (AvgIpc) is 2.03. The molecule has 1 rings (SSSR count). The number of hydrogen-bond donors (Lipinski definition) is 0. The average molecular weight is 216 g/mol.